The number of benzene rings is 1. The van der Waals surface area contributed by atoms with Crippen LogP contribution in [0, 0.1) is 6.92 Å². The fraction of sp³-hybridized carbons (Fsp3) is 0.571. The van der Waals surface area contributed by atoms with Crippen molar-refractivity contribution in [3.8, 4) is 0 Å². The Labute approximate surface area is 132 Å². The third-order valence-electron chi connectivity index (χ3n) is 3.97. The molecule has 1 aliphatic rings. The van der Waals surface area contributed by atoms with Gasteiger partial charge in [0.05, 0.1) is 6.61 Å². The van der Waals surface area contributed by atoms with Gasteiger partial charge < -0.3 is 30.3 Å². The Hall–Kier alpha value is -1.71. The molecule has 0 saturated carbocycles. The van der Waals surface area contributed by atoms with Crippen LogP contribution >= 0.6 is 0 Å². The summed E-state index contributed by atoms with van der Waals surface area (Å²) in [6.45, 7) is 1.11. The molecule has 0 aliphatic carbocycles. The Morgan fingerprint density at radius 1 is 1.26 bits per heavy atom. The standard InChI is InChI=1S/C14H19N3O6/c1-6-4-7(16-17-15)2-3-8(6)10(19)14-13(22)12(21)11(20)9(5-18)23-14/h2-4,9-14,18-22H,5H2,1H3/t9?,10-,11-,12+,13?,14-/m1/s1. The van der Waals surface area contributed by atoms with E-state index in [2.05, 4.69) is 10.0 Å². The molecule has 6 atom stereocenters. The fourth-order valence-corrected chi connectivity index (χ4v) is 2.67. The molecule has 1 fully saturated rings. The molecule has 1 aromatic rings. The lowest BCUT2D eigenvalue weighted by atomic mass is 9.88. The van der Waals surface area contributed by atoms with Crippen LogP contribution in [0.25, 0.3) is 10.4 Å². The number of azide groups is 1. The molecule has 1 heterocycles. The van der Waals surface area contributed by atoms with Gasteiger partial charge in [0.15, 0.2) is 0 Å². The van der Waals surface area contributed by atoms with Crippen LogP contribution in [0.1, 0.15) is 17.2 Å². The zero-order valence-corrected chi connectivity index (χ0v) is 12.4. The Morgan fingerprint density at radius 2 is 1.96 bits per heavy atom. The van der Waals surface area contributed by atoms with Crippen LogP contribution in [0.3, 0.4) is 0 Å². The van der Waals surface area contributed by atoms with E-state index in [1.54, 1.807) is 13.0 Å². The molecule has 0 radical (unpaired) electrons. The predicted octanol–water partition coefficient (Wildman–Crippen LogP) is -0.187. The number of aliphatic hydroxyl groups is 5. The summed E-state index contributed by atoms with van der Waals surface area (Å²) in [5.74, 6) is 0. The predicted molar refractivity (Wildman–Crippen MR) is 78.7 cm³/mol. The highest BCUT2D eigenvalue weighted by Crippen LogP contribution is 2.32. The normalized spacial score (nSPS) is 32.2. The van der Waals surface area contributed by atoms with Gasteiger partial charge in [0.1, 0.15) is 36.6 Å². The van der Waals surface area contributed by atoms with Crippen LogP contribution in [0.4, 0.5) is 5.69 Å². The molecular weight excluding hydrogens is 306 g/mol. The summed E-state index contributed by atoms with van der Waals surface area (Å²) in [5.41, 5.74) is 9.79. The largest absolute Gasteiger partial charge is 0.394 e. The van der Waals surface area contributed by atoms with Crippen LogP contribution in [-0.2, 0) is 4.74 Å². The van der Waals surface area contributed by atoms with Gasteiger partial charge in [-0.05, 0) is 29.6 Å². The second-order valence-corrected chi connectivity index (χ2v) is 5.47. The first-order valence-corrected chi connectivity index (χ1v) is 7.05. The van der Waals surface area contributed by atoms with E-state index in [0.717, 1.165) is 0 Å². The maximum atomic E-state index is 10.5. The maximum absolute atomic E-state index is 10.5. The number of aliphatic hydroxyl groups excluding tert-OH is 5. The first-order valence-electron chi connectivity index (χ1n) is 7.05. The molecule has 1 saturated heterocycles. The van der Waals surface area contributed by atoms with E-state index in [1.165, 1.54) is 12.1 Å². The summed E-state index contributed by atoms with van der Waals surface area (Å²) in [6, 6.07) is 4.57. The first kappa shape index (κ1) is 17.6. The molecule has 0 spiro atoms. The lowest BCUT2D eigenvalue weighted by Gasteiger charge is -2.42. The van der Waals surface area contributed by atoms with Crippen molar-refractivity contribution in [2.24, 2.45) is 5.11 Å². The zero-order chi connectivity index (χ0) is 17.1. The molecule has 0 amide bonds. The van der Waals surface area contributed by atoms with Crippen LogP contribution < -0.4 is 0 Å². The fourth-order valence-electron chi connectivity index (χ4n) is 2.67. The van der Waals surface area contributed by atoms with Crippen molar-refractivity contribution in [2.45, 2.75) is 43.5 Å². The van der Waals surface area contributed by atoms with Gasteiger partial charge in [-0.25, -0.2) is 0 Å². The molecule has 2 unspecified atom stereocenters. The van der Waals surface area contributed by atoms with Crippen molar-refractivity contribution < 1.29 is 30.3 Å². The maximum Gasteiger partial charge on any atom is 0.117 e. The van der Waals surface area contributed by atoms with Crippen LogP contribution in [-0.4, -0.2) is 62.7 Å². The van der Waals surface area contributed by atoms with E-state index in [9.17, 15) is 25.5 Å². The van der Waals surface area contributed by atoms with E-state index in [1.807, 2.05) is 0 Å². The highest BCUT2D eigenvalue weighted by atomic mass is 16.6. The van der Waals surface area contributed by atoms with E-state index < -0.39 is 43.2 Å². The quantitative estimate of drug-likeness (QED) is 0.293. The average Bonchev–Trinajstić information content (AvgIpc) is 2.53. The Balaban J connectivity index is 2.28. The van der Waals surface area contributed by atoms with E-state index >= 15 is 0 Å². The smallest absolute Gasteiger partial charge is 0.117 e. The highest BCUT2D eigenvalue weighted by molar-refractivity contribution is 5.44. The molecular formula is C14H19N3O6. The highest BCUT2D eigenvalue weighted by Gasteiger charge is 2.46. The van der Waals surface area contributed by atoms with Gasteiger partial charge >= 0.3 is 0 Å². The SMILES string of the molecule is Cc1cc(N=[N+]=[N-])ccc1[C@@H](O)[C@H]1OC(CO)[C@@H](O)[C@H](O)C1O. The second-order valence-electron chi connectivity index (χ2n) is 5.47. The van der Waals surface area contributed by atoms with Crippen molar-refractivity contribution in [1.82, 2.24) is 0 Å². The molecule has 23 heavy (non-hydrogen) atoms. The molecule has 1 aliphatic heterocycles. The van der Waals surface area contributed by atoms with Crippen LogP contribution in [0.5, 0.6) is 0 Å². The Morgan fingerprint density at radius 3 is 2.52 bits per heavy atom. The topological polar surface area (TPSA) is 159 Å². The Bertz CT molecular complexity index is 604. The number of ether oxygens (including phenoxy) is 1. The molecule has 1 aromatic carbocycles. The van der Waals surface area contributed by atoms with Crippen molar-refractivity contribution in [2.75, 3.05) is 6.61 Å². The van der Waals surface area contributed by atoms with Crippen molar-refractivity contribution in [3.05, 3.63) is 39.8 Å². The third-order valence-corrected chi connectivity index (χ3v) is 3.97. The van der Waals surface area contributed by atoms with E-state index in [-0.39, 0.29) is 0 Å². The van der Waals surface area contributed by atoms with Gasteiger partial charge in [-0.3, -0.25) is 0 Å². The molecule has 0 bridgehead atoms. The molecule has 0 aromatic heterocycles. The van der Waals surface area contributed by atoms with E-state index in [0.29, 0.717) is 16.8 Å². The van der Waals surface area contributed by atoms with Crippen molar-refractivity contribution in [3.63, 3.8) is 0 Å². The number of rotatable bonds is 4. The van der Waals surface area contributed by atoms with Gasteiger partial charge in [0.25, 0.3) is 0 Å². The molecule has 5 N–H and O–H groups in total. The van der Waals surface area contributed by atoms with Gasteiger partial charge in [0, 0.05) is 10.6 Å². The number of aryl methyl sites for hydroxylation is 1. The van der Waals surface area contributed by atoms with Crippen LogP contribution in [0.15, 0.2) is 23.3 Å². The number of hydrogen-bond donors (Lipinski definition) is 5. The molecule has 9 nitrogen and oxygen atoms in total. The lowest BCUT2D eigenvalue weighted by molar-refractivity contribution is -0.250. The summed E-state index contributed by atoms with van der Waals surface area (Å²) in [4.78, 5) is 2.67. The average molecular weight is 325 g/mol. The molecule has 2 rings (SSSR count). The summed E-state index contributed by atoms with van der Waals surface area (Å²) in [7, 11) is 0. The minimum Gasteiger partial charge on any atom is -0.394 e. The summed E-state index contributed by atoms with van der Waals surface area (Å²) in [5, 5.41) is 52.7. The summed E-state index contributed by atoms with van der Waals surface area (Å²) in [6.07, 6.45) is -8.18. The van der Waals surface area contributed by atoms with Crippen molar-refractivity contribution >= 4 is 5.69 Å². The minimum atomic E-state index is -1.55. The van der Waals surface area contributed by atoms with Crippen LogP contribution in [0.2, 0.25) is 0 Å². The Kier molecular flexibility index (Phi) is 5.55. The van der Waals surface area contributed by atoms with Gasteiger partial charge in [0.2, 0.25) is 0 Å². The lowest BCUT2D eigenvalue weighted by Crippen LogP contribution is -2.59. The van der Waals surface area contributed by atoms with Crippen molar-refractivity contribution in [1.29, 1.82) is 0 Å². The summed E-state index contributed by atoms with van der Waals surface area (Å²) < 4.78 is 5.34. The monoisotopic (exact) mass is 325 g/mol. The zero-order valence-electron chi connectivity index (χ0n) is 12.4. The van der Waals surface area contributed by atoms with Gasteiger partial charge in [-0.1, -0.05) is 17.2 Å². The first-order chi connectivity index (χ1) is 10.9. The third kappa shape index (κ3) is 3.46. The molecule has 126 valence electrons. The number of hydrogen-bond acceptors (Lipinski definition) is 7. The minimum absolute atomic E-state index is 0.370. The summed E-state index contributed by atoms with van der Waals surface area (Å²) >= 11 is 0. The number of nitrogens with zero attached hydrogens (tertiary/aromatic N) is 3. The second kappa shape index (κ2) is 7.24. The van der Waals surface area contributed by atoms with Gasteiger partial charge in [-0.2, -0.15) is 0 Å². The van der Waals surface area contributed by atoms with Gasteiger partial charge in [-0.15, -0.1) is 0 Å². The van der Waals surface area contributed by atoms with E-state index in [4.69, 9.17) is 10.3 Å². The molecule has 9 heteroatoms.